The van der Waals surface area contributed by atoms with E-state index in [2.05, 4.69) is 29.4 Å². The van der Waals surface area contributed by atoms with Crippen molar-refractivity contribution in [1.82, 2.24) is 4.98 Å². The molecular weight excluding hydrogens is 335 g/mol. The molecule has 0 radical (unpaired) electrons. The summed E-state index contributed by atoms with van der Waals surface area (Å²) in [5, 5.41) is 3.59. The van der Waals surface area contributed by atoms with Gasteiger partial charge in [0.05, 0.1) is 5.69 Å². The van der Waals surface area contributed by atoms with Crippen LogP contribution in [0.4, 0.5) is 10.1 Å². The number of nitrogens with one attached hydrogen (secondary N) is 1. The van der Waals surface area contributed by atoms with Gasteiger partial charge in [-0.15, -0.1) is 11.3 Å². The molecule has 0 bridgehead atoms. The molecule has 0 aliphatic heterocycles. The van der Waals surface area contributed by atoms with E-state index < -0.39 is 0 Å². The molecule has 1 heterocycles. The third-order valence-electron chi connectivity index (χ3n) is 4.06. The van der Waals surface area contributed by atoms with Gasteiger partial charge in [0, 0.05) is 11.3 Å². The van der Waals surface area contributed by atoms with Crippen LogP contribution < -0.4 is 5.32 Å². The molecule has 0 atom stereocenters. The van der Waals surface area contributed by atoms with E-state index in [9.17, 15) is 9.18 Å². The molecule has 0 saturated carbocycles. The first-order valence-electron chi connectivity index (χ1n) is 8.12. The maximum atomic E-state index is 13.4. The van der Waals surface area contributed by atoms with Gasteiger partial charge in [-0.25, -0.2) is 9.37 Å². The molecule has 0 spiro atoms. The van der Waals surface area contributed by atoms with E-state index in [4.69, 9.17) is 0 Å². The molecule has 0 fully saturated rings. The van der Waals surface area contributed by atoms with Crippen LogP contribution in [0.2, 0.25) is 0 Å². The molecule has 3 nitrogen and oxygen atoms in total. The van der Waals surface area contributed by atoms with Crippen molar-refractivity contribution in [2.75, 3.05) is 5.32 Å². The minimum Gasteiger partial charge on any atom is -0.321 e. The minimum atomic E-state index is -0.376. The Morgan fingerprint density at radius 2 is 1.88 bits per heavy atom. The SMILES string of the molecule is CCc1ccc(-c2nc(C)c(C(=O)Nc3cc(F)ccc3C)s2)cc1. The maximum absolute atomic E-state index is 13.4. The number of hydrogen-bond acceptors (Lipinski definition) is 3. The van der Waals surface area contributed by atoms with Crippen LogP contribution in [0.5, 0.6) is 0 Å². The van der Waals surface area contributed by atoms with Gasteiger partial charge in [-0.3, -0.25) is 4.79 Å². The number of carbonyl (C=O) groups excluding carboxylic acids is 1. The minimum absolute atomic E-state index is 0.264. The lowest BCUT2D eigenvalue weighted by atomic mass is 10.1. The second-order valence-electron chi connectivity index (χ2n) is 5.90. The number of amides is 1. The zero-order valence-corrected chi connectivity index (χ0v) is 15.2. The Hall–Kier alpha value is -2.53. The summed E-state index contributed by atoms with van der Waals surface area (Å²) in [6.07, 6.45) is 0.984. The normalized spacial score (nSPS) is 10.7. The zero-order valence-electron chi connectivity index (χ0n) is 14.4. The summed E-state index contributed by atoms with van der Waals surface area (Å²) < 4.78 is 13.4. The summed E-state index contributed by atoms with van der Waals surface area (Å²) in [4.78, 5) is 17.6. The average Bonchev–Trinajstić information content (AvgIpc) is 3.00. The molecule has 0 unspecified atom stereocenters. The third-order valence-corrected chi connectivity index (χ3v) is 5.27. The van der Waals surface area contributed by atoms with Crippen LogP contribution >= 0.6 is 11.3 Å². The van der Waals surface area contributed by atoms with Crippen LogP contribution in [0.3, 0.4) is 0 Å². The largest absolute Gasteiger partial charge is 0.321 e. The van der Waals surface area contributed by atoms with Crippen molar-refractivity contribution < 1.29 is 9.18 Å². The molecule has 128 valence electrons. The number of aromatic nitrogens is 1. The maximum Gasteiger partial charge on any atom is 0.267 e. The lowest BCUT2D eigenvalue weighted by molar-refractivity contribution is 0.102. The molecule has 2 aromatic carbocycles. The van der Waals surface area contributed by atoms with Crippen LogP contribution in [0, 0.1) is 19.7 Å². The molecule has 1 aromatic heterocycles. The van der Waals surface area contributed by atoms with Crippen LogP contribution in [-0.4, -0.2) is 10.9 Å². The smallest absolute Gasteiger partial charge is 0.267 e. The van der Waals surface area contributed by atoms with Gasteiger partial charge in [-0.1, -0.05) is 37.3 Å². The van der Waals surface area contributed by atoms with E-state index in [-0.39, 0.29) is 11.7 Å². The number of aryl methyl sites for hydroxylation is 3. The Morgan fingerprint density at radius 3 is 2.56 bits per heavy atom. The fourth-order valence-electron chi connectivity index (χ4n) is 2.52. The Balaban J connectivity index is 1.86. The van der Waals surface area contributed by atoms with Crippen LogP contribution in [0.15, 0.2) is 42.5 Å². The Kier molecular flexibility index (Phi) is 4.95. The highest BCUT2D eigenvalue weighted by molar-refractivity contribution is 7.17. The van der Waals surface area contributed by atoms with E-state index >= 15 is 0 Å². The second-order valence-corrected chi connectivity index (χ2v) is 6.90. The van der Waals surface area contributed by atoms with E-state index in [1.165, 1.54) is 29.0 Å². The first-order chi connectivity index (χ1) is 12.0. The third kappa shape index (κ3) is 3.77. The highest BCUT2D eigenvalue weighted by atomic mass is 32.1. The number of rotatable bonds is 4. The number of halogens is 1. The van der Waals surface area contributed by atoms with Gasteiger partial charge in [0.15, 0.2) is 0 Å². The molecule has 0 aliphatic rings. The predicted octanol–water partition coefficient (Wildman–Crippen LogP) is 5.38. The van der Waals surface area contributed by atoms with Crippen molar-refractivity contribution in [2.24, 2.45) is 0 Å². The molecule has 1 N–H and O–H groups in total. The molecule has 5 heteroatoms. The topological polar surface area (TPSA) is 42.0 Å². The number of benzene rings is 2. The summed E-state index contributed by atoms with van der Waals surface area (Å²) in [5.41, 5.74) is 4.22. The summed E-state index contributed by atoms with van der Waals surface area (Å²) in [7, 11) is 0. The van der Waals surface area contributed by atoms with Crippen LogP contribution in [-0.2, 0) is 6.42 Å². The molecule has 3 aromatic rings. The molecule has 25 heavy (non-hydrogen) atoms. The van der Waals surface area contributed by atoms with E-state index in [1.54, 1.807) is 6.07 Å². The first-order valence-corrected chi connectivity index (χ1v) is 8.94. The Bertz CT molecular complexity index is 916. The Labute approximate surface area is 150 Å². The lowest BCUT2D eigenvalue weighted by Gasteiger charge is -2.07. The molecule has 1 amide bonds. The van der Waals surface area contributed by atoms with E-state index in [0.29, 0.717) is 16.3 Å². The number of hydrogen-bond donors (Lipinski definition) is 1. The summed E-state index contributed by atoms with van der Waals surface area (Å²) >= 11 is 1.35. The highest BCUT2D eigenvalue weighted by Gasteiger charge is 2.17. The van der Waals surface area contributed by atoms with Gasteiger partial charge in [0.2, 0.25) is 0 Å². The fraction of sp³-hybridized carbons (Fsp3) is 0.200. The van der Waals surface area contributed by atoms with Crippen LogP contribution in [0.1, 0.15) is 33.4 Å². The molecule has 0 aliphatic carbocycles. The number of carbonyl (C=O) groups is 1. The number of anilines is 1. The van der Waals surface area contributed by atoms with Crippen molar-refractivity contribution in [3.8, 4) is 10.6 Å². The van der Waals surface area contributed by atoms with Gasteiger partial charge < -0.3 is 5.32 Å². The van der Waals surface area contributed by atoms with E-state index in [0.717, 1.165) is 22.6 Å². The zero-order chi connectivity index (χ0) is 18.0. The van der Waals surface area contributed by atoms with E-state index in [1.807, 2.05) is 26.0 Å². The van der Waals surface area contributed by atoms with Crippen molar-refractivity contribution in [2.45, 2.75) is 27.2 Å². The molecule has 0 saturated heterocycles. The summed E-state index contributed by atoms with van der Waals surface area (Å²) in [6, 6.07) is 12.5. The summed E-state index contributed by atoms with van der Waals surface area (Å²) in [6.45, 7) is 5.75. The number of thiazole rings is 1. The van der Waals surface area contributed by atoms with Crippen LogP contribution in [0.25, 0.3) is 10.6 Å². The first kappa shape index (κ1) is 17.3. The van der Waals surface area contributed by atoms with Crippen molar-refractivity contribution >= 4 is 22.9 Å². The molecule has 3 rings (SSSR count). The van der Waals surface area contributed by atoms with Crippen molar-refractivity contribution in [3.05, 3.63) is 70.0 Å². The summed E-state index contributed by atoms with van der Waals surface area (Å²) in [5.74, 6) is -0.640. The monoisotopic (exact) mass is 354 g/mol. The fourth-order valence-corrected chi connectivity index (χ4v) is 3.49. The highest BCUT2D eigenvalue weighted by Crippen LogP contribution is 2.29. The average molecular weight is 354 g/mol. The second kappa shape index (κ2) is 7.15. The van der Waals surface area contributed by atoms with Gasteiger partial charge >= 0.3 is 0 Å². The van der Waals surface area contributed by atoms with Crippen molar-refractivity contribution in [1.29, 1.82) is 0 Å². The molecular formula is C20H19FN2OS. The lowest BCUT2D eigenvalue weighted by Crippen LogP contribution is -2.12. The predicted molar refractivity (Wildman–Crippen MR) is 101 cm³/mol. The van der Waals surface area contributed by atoms with Gasteiger partial charge in [0.25, 0.3) is 5.91 Å². The van der Waals surface area contributed by atoms with Gasteiger partial charge in [0.1, 0.15) is 15.7 Å². The van der Waals surface area contributed by atoms with Gasteiger partial charge in [-0.2, -0.15) is 0 Å². The Morgan fingerprint density at radius 1 is 1.16 bits per heavy atom. The van der Waals surface area contributed by atoms with Gasteiger partial charge in [-0.05, 0) is 43.5 Å². The quantitative estimate of drug-likeness (QED) is 0.683. The standard InChI is InChI=1S/C20H19FN2OS/c1-4-14-6-8-15(9-7-14)20-22-13(3)18(25-20)19(24)23-17-11-16(21)10-5-12(17)2/h5-11H,4H2,1-3H3,(H,23,24). The van der Waals surface area contributed by atoms with Crippen molar-refractivity contribution in [3.63, 3.8) is 0 Å². The number of nitrogens with zero attached hydrogens (tertiary/aromatic N) is 1.